The lowest BCUT2D eigenvalue weighted by molar-refractivity contribution is -0.517. The molecule has 0 radical (unpaired) electrons. The Bertz CT molecular complexity index is 350. The van der Waals surface area contributed by atoms with Crippen LogP contribution in [0.25, 0.3) is 0 Å². The van der Waals surface area contributed by atoms with E-state index in [2.05, 4.69) is 34.6 Å². The summed E-state index contributed by atoms with van der Waals surface area (Å²) in [7, 11) is 0. The summed E-state index contributed by atoms with van der Waals surface area (Å²) in [5, 5.41) is 12.7. The Kier molecular flexibility index (Phi) is 10.7. The maximum atomic E-state index is 12.7. The van der Waals surface area contributed by atoms with Crippen molar-refractivity contribution in [2.45, 2.75) is 111 Å². The normalized spacial score (nSPS) is 26.8. The molecule has 0 saturated heterocycles. The predicted octanol–water partition coefficient (Wildman–Crippen LogP) is 6.81. The predicted molar refractivity (Wildman–Crippen MR) is 107 cm³/mol. The highest BCUT2D eigenvalue weighted by atomic mass is 16.5. The molecule has 142 valence electrons. The molecule has 1 aliphatic carbocycles. The lowest BCUT2D eigenvalue weighted by Crippen LogP contribution is -2.39. The Morgan fingerprint density at radius 2 is 1.62 bits per heavy atom. The van der Waals surface area contributed by atoms with Gasteiger partial charge in [-0.1, -0.05) is 79.6 Å². The van der Waals surface area contributed by atoms with Crippen molar-refractivity contribution in [2.75, 3.05) is 0 Å². The van der Waals surface area contributed by atoms with Crippen LogP contribution in [0.15, 0.2) is 0 Å². The molecule has 4 unspecified atom stereocenters. The molecule has 24 heavy (non-hydrogen) atoms. The first-order valence-electron chi connectivity index (χ1n) is 10.8. The second-order valence-electron chi connectivity index (χ2n) is 8.79. The number of unbranched alkanes of at least 4 members (excludes halogenated alkanes) is 6. The highest BCUT2D eigenvalue weighted by Gasteiger charge is 2.36. The van der Waals surface area contributed by atoms with Crippen molar-refractivity contribution in [3.8, 4) is 0 Å². The number of rotatable bonds is 11. The zero-order valence-corrected chi connectivity index (χ0v) is 17.1. The van der Waals surface area contributed by atoms with Gasteiger partial charge in [0.1, 0.15) is 0 Å². The van der Waals surface area contributed by atoms with Crippen LogP contribution in [-0.2, 0) is 0 Å². The standard InChI is InChI=1S/C22H43NO/c1-6-7-8-9-10-11-12-13-20(5)17-23(24)22-16-19(4)14-15-21(22)18(2)3/h17-22H,6-16H2,1-5H3. The van der Waals surface area contributed by atoms with Gasteiger partial charge in [0.25, 0.3) is 0 Å². The van der Waals surface area contributed by atoms with Crippen LogP contribution in [0.3, 0.4) is 0 Å². The Labute approximate surface area is 151 Å². The Morgan fingerprint density at radius 1 is 1.00 bits per heavy atom. The third-order valence-electron chi connectivity index (χ3n) is 5.98. The molecular formula is C22H43NO. The summed E-state index contributed by atoms with van der Waals surface area (Å²) in [5.41, 5.74) is 0. The lowest BCUT2D eigenvalue weighted by Gasteiger charge is -2.35. The van der Waals surface area contributed by atoms with Crippen LogP contribution in [-0.4, -0.2) is 17.0 Å². The summed E-state index contributed by atoms with van der Waals surface area (Å²) in [6.45, 7) is 11.4. The van der Waals surface area contributed by atoms with Crippen LogP contribution < -0.4 is 0 Å². The Hall–Kier alpha value is -0.530. The molecule has 0 bridgehead atoms. The van der Waals surface area contributed by atoms with Crippen LogP contribution in [0.1, 0.15) is 105 Å². The van der Waals surface area contributed by atoms with Gasteiger partial charge in [-0.3, -0.25) is 0 Å². The van der Waals surface area contributed by atoms with E-state index in [0.29, 0.717) is 23.7 Å². The van der Waals surface area contributed by atoms with Gasteiger partial charge >= 0.3 is 0 Å². The van der Waals surface area contributed by atoms with E-state index >= 15 is 0 Å². The summed E-state index contributed by atoms with van der Waals surface area (Å²) in [6, 6.07) is 0.213. The summed E-state index contributed by atoms with van der Waals surface area (Å²) < 4.78 is 1.35. The van der Waals surface area contributed by atoms with E-state index in [4.69, 9.17) is 0 Å². The van der Waals surface area contributed by atoms with Crippen molar-refractivity contribution < 1.29 is 4.74 Å². The van der Waals surface area contributed by atoms with E-state index in [1.165, 1.54) is 68.9 Å². The van der Waals surface area contributed by atoms with Gasteiger partial charge in [-0.15, -0.1) is 0 Å². The summed E-state index contributed by atoms with van der Waals surface area (Å²) in [6.07, 6.45) is 16.2. The van der Waals surface area contributed by atoms with Crippen LogP contribution in [0.4, 0.5) is 0 Å². The number of nitrogens with zero attached hydrogens (tertiary/aromatic N) is 1. The smallest absolute Gasteiger partial charge is 0.166 e. The molecule has 2 heteroatoms. The molecule has 1 fully saturated rings. The SMILES string of the molecule is CCCCCCCCCC(C)C=[N+]([O-])C1CC(C)CCC1C(C)C. The number of hydrogen-bond acceptors (Lipinski definition) is 1. The third-order valence-corrected chi connectivity index (χ3v) is 5.98. The van der Waals surface area contributed by atoms with Crippen LogP contribution >= 0.6 is 0 Å². The number of hydrogen-bond donors (Lipinski definition) is 0. The van der Waals surface area contributed by atoms with Crippen LogP contribution in [0.5, 0.6) is 0 Å². The molecular weight excluding hydrogens is 294 g/mol. The first kappa shape index (κ1) is 21.5. The van der Waals surface area contributed by atoms with Gasteiger partial charge in [0.2, 0.25) is 0 Å². The minimum absolute atomic E-state index is 0.213. The molecule has 0 amide bonds. The molecule has 1 rings (SSSR count). The zero-order chi connectivity index (χ0) is 17.9. The van der Waals surface area contributed by atoms with Crippen LogP contribution in [0, 0.1) is 28.9 Å². The molecule has 1 saturated carbocycles. The minimum Gasteiger partial charge on any atom is -0.624 e. The van der Waals surface area contributed by atoms with Crippen molar-refractivity contribution in [2.24, 2.45) is 23.7 Å². The average Bonchev–Trinajstić information content (AvgIpc) is 2.53. The molecule has 0 spiro atoms. The molecule has 1 aliphatic rings. The molecule has 2 nitrogen and oxygen atoms in total. The molecule has 0 N–H and O–H groups in total. The molecule has 0 aromatic carbocycles. The fourth-order valence-corrected chi connectivity index (χ4v) is 4.30. The monoisotopic (exact) mass is 337 g/mol. The second kappa shape index (κ2) is 11.9. The molecule has 0 heterocycles. The van der Waals surface area contributed by atoms with Gasteiger partial charge in [-0.05, 0) is 31.1 Å². The van der Waals surface area contributed by atoms with Crippen molar-refractivity contribution in [1.82, 2.24) is 0 Å². The van der Waals surface area contributed by atoms with E-state index in [1.807, 2.05) is 6.21 Å². The van der Waals surface area contributed by atoms with E-state index in [0.717, 1.165) is 6.42 Å². The molecule has 4 atom stereocenters. The van der Waals surface area contributed by atoms with Gasteiger partial charge < -0.3 is 5.21 Å². The third kappa shape index (κ3) is 8.03. The molecule has 0 aliphatic heterocycles. The highest BCUT2D eigenvalue weighted by Crippen LogP contribution is 2.35. The van der Waals surface area contributed by atoms with Gasteiger partial charge in [-0.25, -0.2) is 4.74 Å². The molecule has 0 aromatic rings. The Balaban J connectivity index is 2.36. The Morgan fingerprint density at radius 3 is 2.25 bits per heavy atom. The average molecular weight is 338 g/mol. The fourth-order valence-electron chi connectivity index (χ4n) is 4.30. The minimum atomic E-state index is 0.213. The fraction of sp³-hybridized carbons (Fsp3) is 0.955. The molecule has 0 aromatic heterocycles. The lowest BCUT2D eigenvalue weighted by atomic mass is 9.74. The topological polar surface area (TPSA) is 26.1 Å². The second-order valence-corrected chi connectivity index (χ2v) is 8.79. The first-order valence-corrected chi connectivity index (χ1v) is 10.8. The summed E-state index contributed by atoms with van der Waals surface area (Å²) in [4.78, 5) is 0. The summed E-state index contributed by atoms with van der Waals surface area (Å²) in [5.74, 6) is 2.31. The van der Waals surface area contributed by atoms with Crippen molar-refractivity contribution in [1.29, 1.82) is 0 Å². The maximum absolute atomic E-state index is 12.7. The quantitative estimate of drug-likeness (QED) is 0.134. The van der Waals surface area contributed by atoms with Crippen molar-refractivity contribution in [3.05, 3.63) is 5.21 Å². The van der Waals surface area contributed by atoms with E-state index in [-0.39, 0.29) is 6.04 Å². The van der Waals surface area contributed by atoms with Gasteiger partial charge in [0, 0.05) is 18.3 Å². The van der Waals surface area contributed by atoms with Gasteiger partial charge in [0.05, 0.1) is 0 Å². The first-order chi connectivity index (χ1) is 11.5. The summed E-state index contributed by atoms with van der Waals surface area (Å²) >= 11 is 0. The van der Waals surface area contributed by atoms with Crippen LogP contribution in [0.2, 0.25) is 0 Å². The highest BCUT2D eigenvalue weighted by molar-refractivity contribution is 5.54. The van der Waals surface area contributed by atoms with E-state index < -0.39 is 0 Å². The van der Waals surface area contributed by atoms with Crippen molar-refractivity contribution >= 4 is 6.21 Å². The van der Waals surface area contributed by atoms with Crippen molar-refractivity contribution in [3.63, 3.8) is 0 Å². The maximum Gasteiger partial charge on any atom is 0.166 e. The zero-order valence-electron chi connectivity index (χ0n) is 17.1. The van der Waals surface area contributed by atoms with E-state index in [9.17, 15) is 5.21 Å². The van der Waals surface area contributed by atoms with Gasteiger partial charge in [0.15, 0.2) is 12.3 Å². The largest absolute Gasteiger partial charge is 0.624 e. The number of hydroxylamine groups is 1. The van der Waals surface area contributed by atoms with E-state index in [1.54, 1.807) is 0 Å². The van der Waals surface area contributed by atoms with Gasteiger partial charge in [-0.2, -0.15) is 0 Å².